The van der Waals surface area contributed by atoms with Crippen LogP contribution in [0, 0.1) is 18.3 Å². The molecule has 0 saturated carbocycles. The summed E-state index contributed by atoms with van der Waals surface area (Å²) in [6.07, 6.45) is -0.312. The number of nitriles is 1. The number of rotatable bonds is 2. The molecule has 1 unspecified atom stereocenters. The highest BCUT2D eigenvalue weighted by Crippen LogP contribution is 2.25. The predicted molar refractivity (Wildman–Crippen MR) is 71.4 cm³/mol. The molecule has 90 valence electrons. The number of ether oxygens (including phenoxy) is 1. The Morgan fingerprint density at radius 2 is 2.41 bits per heavy atom. The molecule has 0 bridgehead atoms. The molecule has 1 heterocycles. The Kier molecular flexibility index (Phi) is 4.03. The lowest BCUT2D eigenvalue weighted by Gasteiger charge is -2.33. The fraction of sp³-hybridized carbons (Fsp3) is 0.462. The summed E-state index contributed by atoms with van der Waals surface area (Å²) in [4.78, 5) is 2.23. The molecule has 1 aromatic rings. The van der Waals surface area contributed by atoms with E-state index in [2.05, 4.69) is 52.0 Å². The van der Waals surface area contributed by atoms with Gasteiger partial charge >= 0.3 is 0 Å². The highest BCUT2D eigenvalue weighted by molar-refractivity contribution is 9.08. The van der Waals surface area contributed by atoms with E-state index < -0.39 is 0 Å². The van der Waals surface area contributed by atoms with Gasteiger partial charge in [0.1, 0.15) is 0 Å². The molecule has 0 aliphatic carbocycles. The number of hydrogen-bond donors (Lipinski definition) is 0. The summed E-state index contributed by atoms with van der Waals surface area (Å²) in [6, 6.07) is 8.60. The summed E-state index contributed by atoms with van der Waals surface area (Å²) in [7, 11) is 0. The van der Waals surface area contributed by atoms with E-state index >= 15 is 0 Å². The first-order valence-electron chi connectivity index (χ1n) is 5.66. The first-order valence-corrected chi connectivity index (χ1v) is 6.78. The van der Waals surface area contributed by atoms with Crippen LogP contribution >= 0.6 is 15.9 Å². The molecule has 1 fully saturated rings. The summed E-state index contributed by atoms with van der Waals surface area (Å²) >= 11 is 3.52. The number of alkyl halides is 1. The maximum atomic E-state index is 8.92. The van der Waals surface area contributed by atoms with Crippen LogP contribution in [-0.2, 0) is 10.1 Å². The van der Waals surface area contributed by atoms with Crippen molar-refractivity contribution >= 4 is 21.6 Å². The predicted octanol–water partition coefficient (Wildman–Crippen LogP) is 2.62. The van der Waals surface area contributed by atoms with Crippen LogP contribution in [0.5, 0.6) is 0 Å². The molecule has 0 aromatic heterocycles. The number of anilines is 1. The van der Waals surface area contributed by atoms with Gasteiger partial charge in [-0.25, -0.2) is 0 Å². The van der Waals surface area contributed by atoms with Crippen LogP contribution in [0.2, 0.25) is 0 Å². The van der Waals surface area contributed by atoms with Crippen molar-refractivity contribution in [2.45, 2.75) is 18.4 Å². The lowest BCUT2D eigenvalue weighted by Crippen LogP contribution is -2.42. The Bertz CT molecular complexity index is 442. The molecule has 1 aliphatic heterocycles. The lowest BCUT2D eigenvalue weighted by molar-refractivity contribution is 0.0764. The third-order valence-electron chi connectivity index (χ3n) is 2.93. The van der Waals surface area contributed by atoms with E-state index in [4.69, 9.17) is 10.00 Å². The van der Waals surface area contributed by atoms with Crippen molar-refractivity contribution in [2.24, 2.45) is 0 Å². The number of halogens is 1. The Balaban J connectivity index is 2.24. The molecule has 0 spiro atoms. The van der Waals surface area contributed by atoms with Crippen molar-refractivity contribution in [1.82, 2.24) is 0 Å². The maximum absolute atomic E-state index is 8.92. The van der Waals surface area contributed by atoms with Crippen LogP contribution in [0.1, 0.15) is 11.1 Å². The number of benzene rings is 1. The largest absolute Gasteiger partial charge is 0.365 e. The standard InChI is InChI=1S/C13H15BrN2O/c1-10-2-3-13(11(6-10)7-14)16-4-5-17-12(8-15)9-16/h2-3,6,12H,4-5,7,9H2,1H3. The van der Waals surface area contributed by atoms with E-state index in [1.165, 1.54) is 16.8 Å². The van der Waals surface area contributed by atoms with E-state index in [1.807, 2.05) is 0 Å². The number of nitrogens with zero attached hydrogens (tertiary/aromatic N) is 2. The first kappa shape index (κ1) is 12.4. The van der Waals surface area contributed by atoms with Gasteiger partial charge in [0.15, 0.2) is 6.10 Å². The van der Waals surface area contributed by atoms with Crippen molar-refractivity contribution in [3.8, 4) is 6.07 Å². The maximum Gasteiger partial charge on any atom is 0.161 e. The monoisotopic (exact) mass is 294 g/mol. The molecular weight excluding hydrogens is 280 g/mol. The second-order valence-electron chi connectivity index (χ2n) is 4.20. The molecule has 1 atom stereocenters. The molecule has 1 aromatic carbocycles. The fourth-order valence-electron chi connectivity index (χ4n) is 2.08. The third kappa shape index (κ3) is 2.80. The Morgan fingerprint density at radius 3 is 3.12 bits per heavy atom. The quantitative estimate of drug-likeness (QED) is 0.787. The van der Waals surface area contributed by atoms with E-state index in [-0.39, 0.29) is 6.10 Å². The molecular formula is C13H15BrN2O. The number of aryl methyl sites for hydroxylation is 1. The van der Waals surface area contributed by atoms with Crippen LogP contribution in [0.3, 0.4) is 0 Å². The van der Waals surface area contributed by atoms with Crippen LogP contribution in [0.4, 0.5) is 5.69 Å². The van der Waals surface area contributed by atoms with Crippen LogP contribution in [0.15, 0.2) is 18.2 Å². The van der Waals surface area contributed by atoms with Crippen LogP contribution in [-0.4, -0.2) is 25.8 Å². The van der Waals surface area contributed by atoms with Crippen LogP contribution in [0.25, 0.3) is 0 Å². The van der Waals surface area contributed by atoms with Crippen molar-refractivity contribution in [1.29, 1.82) is 5.26 Å². The van der Waals surface area contributed by atoms with E-state index in [0.29, 0.717) is 13.2 Å². The minimum absolute atomic E-state index is 0.312. The summed E-state index contributed by atoms with van der Waals surface area (Å²) in [6.45, 7) is 4.21. The second-order valence-corrected chi connectivity index (χ2v) is 4.76. The zero-order valence-corrected chi connectivity index (χ0v) is 11.4. The zero-order chi connectivity index (χ0) is 12.3. The van der Waals surface area contributed by atoms with Gasteiger partial charge in [0.05, 0.1) is 19.2 Å². The SMILES string of the molecule is Cc1ccc(N2CCOC(C#N)C2)c(CBr)c1. The fourth-order valence-corrected chi connectivity index (χ4v) is 2.53. The van der Waals surface area contributed by atoms with Gasteiger partial charge in [0.2, 0.25) is 0 Å². The molecule has 4 heteroatoms. The van der Waals surface area contributed by atoms with Gasteiger partial charge in [0.25, 0.3) is 0 Å². The van der Waals surface area contributed by atoms with Gasteiger partial charge in [0, 0.05) is 17.6 Å². The summed E-state index contributed by atoms with van der Waals surface area (Å²) < 4.78 is 5.36. The molecule has 3 nitrogen and oxygen atoms in total. The zero-order valence-electron chi connectivity index (χ0n) is 9.82. The average Bonchev–Trinajstić information content (AvgIpc) is 2.38. The summed E-state index contributed by atoms with van der Waals surface area (Å²) in [5.41, 5.74) is 3.73. The normalized spacial score (nSPS) is 20.1. The van der Waals surface area contributed by atoms with Crippen molar-refractivity contribution in [3.63, 3.8) is 0 Å². The van der Waals surface area contributed by atoms with E-state index in [9.17, 15) is 0 Å². The highest BCUT2D eigenvalue weighted by Gasteiger charge is 2.21. The highest BCUT2D eigenvalue weighted by atomic mass is 79.9. The lowest BCUT2D eigenvalue weighted by atomic mass is 10.1. The van der Waals surface area contributed by atoms with E-state index in [1.54, 1.807) is 0 Å². The minimum atomic E-state index is -0.312. The summed E-state index contributed by atoms with van der Waals surface area (Å²) in [5, 5.41) is 9.75. The van der Waals surface area contributed by atoms with Gasteiger partial charge in [-0.3, -0.25) is 0 Å². The van der Waals surface area contributed by atoms with Gasteiger partial charge in [-0.05, 0) is 18.6 Å². The first-order chi connectivity index (χ1) is 8.24. The average molecular weight is 295 g/mol. The Morgan fingerprint density at radius 1 is 1.59 bits per heavy atom. The van der Waals surface area contributed by atoms with E-state index in [0.717, 1.165) is 11.9 Å². The smallest absolute Gasteiger partial charge is 0.161 e. The molecule has 1 aliphatic rings. The topological polar surface area (TPSA) is 36.3 Å². The molecule has 2 rings (SSSR count). The van der Waals surface area contributed by atoms with Gasteiger partial charge in [-0.15, -0.1) is 0 Å². The molecule has 17 heavy (non-hydrogen) atoms. The van der Waals surface area contributed by atoms with Crippen LogP contribution < -0.4 is 4.90 Å². The van der Waals surface area contributed by atoms with Crippen molar-refractivity contribution < 1.29 is 4.74 Å². The Labute approximate surface area is 110 Å². The van der Waals surface area contributed by atoms with Gasteiger partial charge in [-0.2, -0.15) is 5.26 Å². The molecule has 0 amide bonds. The Hall–Kier alpha value is -1.05. The molecule has 1 saturated heterocycles. The second kappa shape index (κ2) is 5.52. The molecule has 0 radical (unpaired) electrons. The third-order valence-corrected chi connectivity index (χ3v) is 3.53. The van der Waals surface area contributed by atoms with Gasteiger partial charge < -0.3 is 9.64 Å². The number of morpholine rings is 1. The molecule has 0 N–H and O–H groups in total. The minimum Gasteiger partial charge on any atom is -0.365 e. The number of hydrogen-bond acceptors (Lipinski definition) is 3. The van der Waals surface area contributed by atoms with Crippen molar-refractivity contribution in [3.05, 3.63) is 29.3 Å². The van der Waals surface area contributed by atoms with Crippen molar-refractivity contribution in [2.75, 3.05) is 24.6 Å². The summed E-state index contributed by atoms with van der Waals surface area (Å²) in [5.74, 6) is 0. The van der Waals surface area contributed by atoms with Gasteiger partial charge in [-0.1, -0.05) is 33.6 Å².